The number of carbonyl (C=O) groups excluding carboxylic acids is 1. The molecule has 1 amide bonds. The Labute approximate surface area is 135 Å². The van der Waals surface area contributed by atoms with Gasteiger partial charge < -0.3 is 4.57 Å². The van der Waals surface area contributed by atoms with Gasteiger partial charge in [0, 0.05) is 18.7 Å². The van der Waals surface area contributed by atoms with Crippen LogP contribution in [0.25, 0.3) is 10.2 Å². The molecule has 0 N–H and O–H groups in total. The monoisotopic (exact) mass is 332 g/mol. The van der Waals surface area contributed by atoms with Crippen molar-refractivity contribution in [1.82, 2.24) is 4.57 Å². The lowest BCUT2D eigenvalue weighted by Gasteiger charge is -2.01. The van der Waals surface area contributed by atoms with E-state index in [4.69, 9.17) is 0 Å². The fourth-order valence-corrected chi connectivity index (χ4v) is 3.39. The Morgan fingerprint density at radius 3 is 2.57 bits per heavy atom. The minimum absolute atomic E-state index is 0.239. The molecular weight excluding hydrogens is 318 g/mol. The number of halogens is 2. The van der Waals surface area contributed by atoms with Gasteiger partial charge in [-0.1, -0.05) is 17.4 Å². The number of hydrogen-bond acceptors (Lipinski definition) is 2. The SMILES string of the molecule is Cc1ccc(C(=O)N=c2sc3cc(F)cc(F)c3n2C)cc1C. The molecule has 0 atom stereocenters. The van der Waals surface area contributed by atoms with Crippen LogP contribution < -0.4 is 4.80 Å². The Morgan fingerprint density at radius 2 is 1.87 bits per heavy atom. The van der Waals surface area contributed by atoms with Crippen molar-refractivity contribution in [2.45, 2.75) is 13.8 Å². The van der Waals surface area contributed by atoms with E-state index in [2.05, 4.69) is 4.99 Å². The molecule has 0 aliphatic heterocycles. The molecule has 1 heterocycles. The Kier molecular flexibility index (Phi) is 3.85. The largest absolute Gasteiger partial charge is 0.317 e. The third-order valence-electron chi connectivity index (χ3n) is 3.77. The molecule has 0 fully saturated rings. The number of benzene rings is 2. The van der Waals surface area contributed by atoms with Gasteiger partial charge in [0.15, 0.2) is 10.6 Å². The van der Waals surface area contributed by atoms with Crippen molar-refractivity contribution in [2.75, 3.05) is 0 Å². The summed E-state index contributed by atoms with van der Waals surface area (Å²) in [6.45, 7) is 3.88. The first kappa shape index (κ1) is 15.6. The molecule has 23 heavy (non-hydrogen) atoms. The van der Waals surface area contributed by atoms with E-state index >= 15 is 0 Å². The lowest BCUT2D eigenvalue weighted by atomic mass is 10.1. The average molecular weight is 332 g/mol. The van der Waals surface area contributed by atoms with Gasteiger partial charge in [0.05, 0.1) is 10.2 Å². The van der Waals surface area contributed by atoms with E-state index in [1.54, 1.807) is 19.2 Å². The number of carbonyl (C=O) groups is 1. The molecular formula is C17H14F2N2OS. The Morgan fingerprint density at radius 1 is 1.13 bits per heavy atom. The third-order valence-corrected chi connectivity index (χ3v) is 4.85. The van der Waals surface area contributed by atoms with Crippen molar-refractivity contribution in [3.05, 3.63) is 63.5 Å². The standard InChI is InChI=1S/C17H14F2N2OS/c1-9-4-5-11(6-10(9)2)16(22)20-17-21(3)15-13(19)7-12(18)8-14(15)23-17/h4-8H,1-3H3. The molecule has 0 saturated heterocycles. The number of nitrogens with zero attached hydrogens (tertiary/aromatic N) is 2. The van der Waals surface area contributed by atoms with Crippen molar-refractivity contribution in [3.63, 3.8) is 0 Å². The Bertz CT molecular complexity index is 1000. The van der Waals surface area contributed by atoms with Gasteiger partial charge in [-0.2, -0.15) is 4.99 Å². The first-order valence-corrected chi connectivity index (χ1v) is 7.79. The van der Waals surface area contributed by atoms with Gasteiger partial charge in [-0.3, -0.25) is 4.79 Å². The van der Waals surface area contributed by atoms with Crippen molar-refractivity contribution >= 4 is 27.5 Å². The summed E-state index contributed by atoms with van der Waals surface area (Å²) in [5.74, 6) is -1.72. The summed E-state index contributed by atoms with van der Waals surface area (Å²) in [4.78, 5) is 16.7. The predicted molar refractivity (Wildman–Crippen MR) is 86.5 cm³/mol. The van der Waals surface area contributed by atoms with Crippen LogP contribution >= 0.6 is 11.3 Å². The van der Waals surface area contributed by atoms with Crippen LogP contribution in [-0.4, -0.2) is 10.5 Å². The number of aromatic nitrogens is 1. The van der Waals surface area contributed by atoms with E-state index in [0.29, 0.717) is 15.1 Å². The molecule has 0 unspecified atom stereocenters. The second-order valence-electron chi connectivity index (χ2n) is 5.39. The lowest BCUT2D eigenvalue weighted by Crippen LogP contribution is -2.14. The molecule has 3 aromatic rings. The second kappa shape index (κ2) is 5.70. The maximum Gasteiger partial charge on any atom is 0.279 e. The van der Waals surface area contributed by atoms with Crippen molar-refractivity contribution in [1.29, 1.82) is 0 Å². The second-order valence-corrected chi connectivity index (χ2v) is 6.40. The predicted octanol–water partition coefficient (Wildman–Crippen LogP) is 3.88. The van der Waals surface area contributed by atoms with Crippen molar-refractivity contribution < 1.29 is 13.6 Å². The molecule has 1 aromatic heterocycles. The normalized spacial score (nSPS) is 12.1. The molecule has 0 aliphatic carbocycles. The first-order valence-electron chi connectivity index (χ1n) is 6.97. The maximum absolute atomic E-state index is 13.9. The number of thiazole rings is 1. The van der Waals surface area contributed by atoms with Gasteiger partial charge in [-0.05, 0) is 43.2 Å². The third kappa shape index (κ3) is 2.82. The van der Waals surface area contributed by atoms with Gasteiger partial charge in [-0.25, -0.2) is 8.78 Å². The molecule has 0 aliphatic rings. The minimum atomic E-state index is -0.668. The van der Waals surface area contributed by atoms with Crippen LogP contribution in [0.1, 0.15) is 21.5 Å². The molecule has 3 rings (SSSR count). The summed E-state index contributed by atoms with van der Waals surface area (Å²) in [5, 5.41) is 0. The first-order chi connectivity index (χ1) is 10.9. The summed E-state index contributed by atoms with van der Waals surface area (Å²) >= 11 is 1.08. The zero-order valence-corrected chi connectivity index (χ0v) is 13.7. The van der Waals surface area contributed by atoms with Gasteiger partial charge in [0.2, 0.25) is 0 Å². The summed E-state index contributed by atoms with van der Waals surface area (Å²) in [5.41, 5.74) is 2.80. The smallest absolute Gasteiger partial charge is 0.279 e. The number of rotatable bonds is 1. The maximum atomic E-state index is 13.9. The van der Waals surface area contributed by atoms with E-state index < -0.39 is 17.5 Å². The van der Waals surface area contributed by atoms with Crippen LogP contribution in [0, 0.1) is 25.5 Å². The molecule has 0 spiro atoms. The molecule has 6 heteroatoms. The number of aryl methyl sites for hydroxylation is 3. The molecule has 2 aromatic carbocycles. The highest BCUT2D eigenvalue weighted by molar-refractivity contribution is 7.16. The van der Waals surface area contributed by atoms with Gasteiger partial charge >= 0.3 is 0 Å². The molecule has 0 saturated carbocycles. The zero-order valence-electron chi connectivity index (χ0n) is 12.9. The fraction of sp³-hybridized carbons (Fsp3) is 0.176. The number of hydrogen-bond donors (Lipinski definition) is 0. The van der Waals surface area contributed by atoms with Crippen LogP contribution in [-0.2, 0) is 7.05 Å². The highest BCUT2D eigenvalue weighted by Gasteiger charge is 2.12. The van der Waals surface area contributed by atoms with E-state index in [1.165, 1.54) is 10.6 Å². The Hall–Kier alpha value is -2.34. The van der Waals surface area contributed by atoms with Crippen LogP contribution in [0.4, 0.5) is 8.78 Å². The fourth-order valence-electron chi connectivity index (χ4n) is 2.33. The van der Waals surface area contributed by atoms with Crippen molar-refractivity contribution in [2.24, 2.45) is 12.0 Å². The highest BCUT2D eigenvalue weighted by Crippen LogP contribution is 2.21. The molecule has 0 radical (unpaired) electrons. The summed E-state index contributed by atoms with van der Waals surface area (Å²) in [6, 6.07) is 7.40. The molecule has 118 valence electrons. The summed E-state index contributed by atoms with van der Waals surface area (Å²) in [6.07, 6.45) is 0. The van der Waals surface area contributed by atoms with Crippen LogP contribution in [0.3, 0.4) is 0 Å². The molecule has 0 bridgehead atoms. The van der Waals surface area contributed by atoms with E-state index in [-0.39, 0.29) is 5.52 Å². The minimum Gasteiger partial charge on any atom is -0.317 e. The van der Waals surface area contributed by atoms with Gasteiger partial charge in [0.25, 0.3) is 5.91 Å². The average Bonchev–Trinajstić information content (AvgIpc) is 2.78. The van der Waals surface area contributed by atoms with Crippen LogP contribution in [0.15, 0.2) is 35.3 Å². The van der Waals surface area contributed by atoms with Gasteiger partial charge in [-0.15, -0.1) is 0 Å². The van der Waals surface area contributed by atoms with Gasteiger partial charge in [0.1, 0.15) is 5.82 Å². The zero-order chi connectivity index (χ0) is 16.7. The van der Waals surface area contributed by atoms with Crippen LogP contribution in [0.5, 0.6) is 0 Å². The number of fused-ring (bicyclic) bond motifs is 1. The van der Waals surface area contributed by atoms with E-state index in [0.717, 1.165) is 28.5 Å². The van der Waals surface area contributed by atoms with Crippen LogP contribution in [0.2, 0.25) is 0 Å². The number of amides is 1. The topological polar surface area (TPSA) is 34.4 Å². The van der Waals surface area contributed by atoms with E-state index in [1.807, 2.05) is 19.9 Å². The quantitative estimate of drug-likeness (QED) is 0.666. The molecule has 3 nitrogen and oxygen atoms in total. The summed E-state index contributed by atoms with van der Waals surface area (Å²) in [7, 11) is 1.60. The Balaban J connectivity index is 2.14. The van der Waals surface area contributed by atoms with E-state index in [9.17, 15) is 13.6 Å². The lowest BCUT2D eigenvalue weighted by molar-refractivity contribution is 0.0998. The summed E-state index contributed by atoms with van der Waals surface area (Å²) < 4.78 is 29.1. The highest BCUT2D eigenvalue weighted by atomic mass is 32.1. The van der Waals surface area contributed by atoms with Crippen molar-refractivity contribution in [3.8, 4) is 0 Å².